The van der Waals surface area contributed by atoms with Crippen LogP contribution < -0.4 is 10.1 Å². The molecule has 1 atom stereocenters. The lowest BCUT2D eigenvalue weighted by molar-refractivity contribution is -0.125. The molecule has 7 nitrogen and oxygen atoms in total. The molecule has 0 saturated carbocycles. The number of nitrogens with one attached hydrogen (secondary N) is 1. The van der Waals surface area contributed by atoms with Crippen LogP contribution in [-0.2, 0) is 22.6 Å². The van der Waals surface area contributed by atoms with Crippen molar-refractivity contribution >= 4 is 12.0 Å². The van der Waals surface area contributed by atoms with E-state index in [-0.39, 0.29) is 12.5 Å². The van der Waals surface area contributed by atoms with E-state index in [9.17, 15) is 9.59 Å². The van der Waals surface area contributed by atoms with Crippen LogP contribution in [0, 0.1) is 0 Å². The summed E-state index contributed by atoms with van der Waals surface area (Å²) in [6.45, 7) is 0.705. The van der Waals surface area contributed by atoms with Gasteiger partial charge in [0.05, 0.1) is 13.7 Å². The van der Waals surface area contributed by atoms with E-state index in [4.69, 9.17) is 9.47 Å². The van der Waals surface area contributed by atoms with Gasteiger partial charge in [-0.05, 0) is 35.4 Å². The lowest BCUT2D eigenvalue weighted by Crippen LogP contribution is -2.45. The summed E-state index contributed by atoms with van der Waals surface area (Å²) in [6.07, 6.45) is 2.81. The van der Waals surface area contributed by atoms with Crippen molar-refractivity contribution in [3.05, 3.63) is 59.9 Å². The minimum absolute atomic E-state index is 0.0495. The molecular formula is C18H19N3O4. The van der Waals surface area contributed by atoms with Crippen molar-refractivity contribution in [1.82, 2.24) is 15.2 Å². The standard InChI is InChI=1S/C18H19N3O4/c1-24-15-4-2-3-14(9-15)10-20-17(22)16-12-25-18(23)21(16)11-13-5-7-19-8-6-13/h2-9,16H,10-12H2,1H3,(H,20,22)/t16-/m0/s1. The summed E-state index contributed by atoms with van der Waals surface area (Å²) in [6, 6.07) is 10.4. The second-order valence-electron chi connectivity index (χ2n) is 5.65. The summed E-state index contributed by atoms with van der Waals surface area (Å²) in [5, 5.41) is 2.85. The highest BCUT2D eigenvalue weighted by atomic mass is 16.6. The SMILES string of the molecule is COc1cccc(CNC(=O)[C@@H]2COC(=O)N2Cc2ccncc2)c1. The molecule has 7 heteroatoms. The Kier molecular flexibility index (Phi) is 5.13. The molecule has 2 heterocycles. The zero-order chi connectivity index (χ0) is 17.6. The number of aromatic nitrogens is 1. The first-order chi connectivity index (χ1) is 12.2. The molecule has 0 aliphatic carbocycles. The highest BCUT2D eigenvalue weighted by Gasteiger charge is 2.37. The van der Waals surface area contributed by atoms with E-state index in [1.54, 1.807) is 31.6 Å². The number of ether oxygens (including phenoxy) is 2. The van der Waals surface area contributed by atoms with Gasteiger partial charge in [0.1, 0.15) is 18.4 Å². The average Bonchev–Trinajstić information content (AvgIpc) is 3.01. The highest BCUT2D eigenvalue weighted by Crippen LogP contribution is 2.17. The Labute approximate surface area is 145 Å². The smallest absolute Gasteiger partial charge is 0.410 e. The number of hydrogen-bond acceptors (Lipinski definition) is 5. The number of nitrogens with zero attached hydrogens (tertiary/aromatic N) is 2. The maximum atomic E-state index is 12.5. The number of cyclic esters (lactones) is 1. The van der Waals surface area contributed by atoms with Gasteiger partial charge < -0.3 is 14.8 Å². The number of rotatable bonds is 6. The van der Waals surface area contributed by atoms with E-state index < -0.39 is 12.1 Å². The van der Waals surface area contributed by atoms with Gasteiger partial charge in [-0.3, -0.25) is 14.7 Å². The van der Waals surface area contributed by atoms with Crippen LogP contribution >= 0.6 is 0 Å². The van der Waals surface area contributed by atoms with Crippen molar-refractivity contribution in [2.24, 2.45) is 0 Å². The third-order valence-electron chi connectivity index (χ3n) is 3.98. The van der Waals surface area contributed by atoms with Gasteiger partial charge in [-0.15, -0.1) is 0 Å². The van der Waals surface area contributed by atoms with Gasteiger partial charge in [-0.25, -0.2) is 4.79 Å². The summed E-state index contributed by atoms with van der Waals surface area (Å²) in [7, 11) is 1.59. The Bertz CT molecular complexity index is 751. The molecule has 0 radical (unpaired) electrons. The van der Waals surface area contributed by atoms with Crippen LogP contribution in [0.4, 0.5) is 4.79 Å². The third-order valence-corrected chi connectivity index (χ3v) is 3.98. The molecule has 1 saturated heterocycles. The average molecular weight is 341 g/mol. The molecule has 1 aliphatic heterocycles. The molecule has 3 rings (SSSR count). The Morgan fingerprint density at radius 3 is 2.88 bits per heavy atom. The lowest BCUT2D eigenvalue weighted by atomic mass is 10.2. The number of methoxy groups -OCH3 is 1. The Balaban J connectivity index is 1.62. The van der Waals surface area contributed by atoms with Gasteiger partial charge in [-0.2, -0.15) is 0 Å². The molecule has 2 aromatic rings. The van der Waals surface area contributed by atoms with Gasteiger partial charge >= 0.3 is 6.09 Å². The third kappa shape index (κ3) is 4.06. The summed E-state index contributed by atoms with van der Waals surface area (Å²) in [5.41, 5.74) is 1.80. The van der Waals surface area contributed by atoms with Gasteiger partial charge in [0.2, 0.25) is 5.91 Å². The van der Waals surface area contributed by atoms with E-state index in [2.05, 4.69) is 10.3 Å². The Morgan fingerprint density at radius 2 is 2.12 bits per heavy atom. The van der Waals surface area contributed by atoms with Crippen molar-refractivity contribution in [2.45, 2.75) is 19.1 Å². The summed E-state index contributed by atoms with van der Waals surface area (Å²) in [5.74, 6) is 0.480. The van der Waals surface area contributed by atoms with Crippen LogP contribution in [0.2, 0.25) is 0 Å². The predicted molar refractivity (Wildman–Crippen MR) is 89.8 cm³/mol. The number of benzene rings is 1. The molecule has 1 aliphatic rings. The summed E-state index contributed by atoms with van der Waals surface area (Å²) in [4.78, 5) is 29.8. The van der Waals surface area contributed by atoms with Gasteiger partial charge in [0, 0.05) is 18.9 Å². The summed E-state index contributed by atoms with van der Waals surface area (Å²) >= 11 is 0. The molecule has 1 aromatic carbocycles. The van der Waals surface area contributed by atoms with Crippen LogP contribution in [0.1, 0.15) is 11.1 Å². The Morgan fingerprint density at radius 1 is 1.32 bits per heavy atom. The van der Waals surface area contributed by atoms with Crippen LogP contribution in [0.3, 0.4) is 0 Å². The number of carbonyl (C=O) groups is 2. The van der Waals surface area contributed by atoms with Crippen LogP contribution in [0.25, 0.3) is 0 Å². The number of pyridine rings is 1. The normalized spacial score (nSPS) is 16.4. The van der Waals surface area contributed by atoms with Crippen LogP contribution in [-0.4, -0.2) is 41.6 Å². The van der Waals surface area contributed by atoms with Gasteiger partial charge in [0.25, 0.3) is 0 Å². The molecule has 1 fully saturated rings. The first kappa shape index (κ1) is 16.8. The monoisotopic (exact) mass is 341 g/mol. The summed E-state index contributed by atoms with van der Waals surface area (Å²) < 4.78 is 10.2. The topological polar surface area (TPSA) is 80.8 Å². The molecule has 2 amide bonds. The fourth-order valence-corrected chi connectivity index (χ4v) is 2.62. The van der Waals surface area contributed by atoms with Crippen molar-refractivity contribution in [3.8, 4) is 5.75 Å². The van der Waals surface area contributed by atoms with E-state index in [0.29, 0.717) is 13.1 Å². The minimum Gasteiger partial charge on any atom is -0.497 e. The molecule has 130 valence electrons. The number of amides is 2. The van der Waals surface area contributed by atoms with E-state index in [0.717, 1.165) is 16.9 Å². The Hall–Kier alpha value is -3.09. The second-order valence-corrected chi connectivity index (χ2v) is 5.65. The second kappa shape index (κ2) is 7.65. The molecule has 0 unspecified atom stereocenters. The van der Waals surface area contributed by atoms with Gasteiger partial charge in [0.15, 0.2) is 0 Å². The maximum absolute atomic E-state index is 12.5. The van der Waals surface area contributed by atoms with Crippen LogP contribution in [0.5, 0.6) is 5.75 Å². The quantitative estimate of drug-likeness (QED) is 0.865. The highest BCUT2D eigenvalue weighted by molar-refractivity contribution is 5.87. The fraction of sp³-hybridized carbons (Fsp3) is 0.278. The van der Waals surface area contributed by atoms with Crippen LogP contribution in [0.15, 0.2) is 48.8 Å². The van der Waals surface area contributed by atoms with Crippen molar-refractivity contribution < 1.29 is 19.1 Å². The molecule has 0 spiro atoms. The first-order valence-electron chi connectivity index (χ1n) is 7.90. The number of hydrogen-bond donors (Lipinski definition) is 1. The van der Waals surface area contributed by atoms with Crippen molar-refractivity contribution in [3.63, 3.8) is 0 Å². The largest absolute Gasteiger partial charge is 0.497 e. The van der Waals surface area contributed by atoms with E-state index in [1.165, 1.54) is 4.90 Å². The minimum atomic E-state index is -0.647. The first-order valence-corrected chi connectivity index (χ1v) is 7.90. The van der Waals surface area contributed by atoms with E-state index in [1.807, 2.05) is 24.3 Å². The molecule has 0 bridgehead atoms. The molecule has 1 N–H and O–H groups in total. The molecule has 1 aromatic heterocycles. The van der Waals surface area contributed by atoms with E-state index >= 15 is 0 Å². The zero-order valence-electron chi connectivity index (χ0n) is 13.8. The number of carbonyl (C=O) groups excluding carboxylic acids is 2. The predicted octanol–water partition coefficient (Wildman–Crippen LogP) is 1.73. The zero-order valence-corrected chi connectivity index (χ0v) is 13.8. The van der Waals surface area contributed by atoms with Crippen molar-refractivity contribution in [1.29, 1.82) is 0 Å². The molecular weight excluding hydrogens is 322 g/mol. The molecule has 25 heavy (non-hydrogen) atoms. The van der Waals surface area contributed by atoms with Crippen molar-refractivity contribution in [2.75, 3.05) is 13.7 Å². The fourth-order valence-electron chi connectivity index (χ4n) is 2.62. The lowest BCUT2D eigenvalue weighted by Gasteiger charge is -2.20. The maximum Gasteiger partial charge on any atom is 0.410 e. The van der Waals surface area contributed by atoms with Gasteiger partial charge in [-0.1, -0.05) is 12.1 Å².